The second-order valence-electron chi connectivity index (χ2n) is 6.08. The number of nitrogens with two attached hydrogens (primary N) is 1. The maximum atomic E-state index is 6.51. The molecule has 0 aromatic rings. The minimum Gasteiger partial charge on any atom is -0.385 e. The minimum atomic E-state index is 0.0635. The predicted octanol–water partition coefficient (Wildman–Crippen LogP) is 2.96. The summed E-state index contributed by atoms with van der Waals surface area (Å²) in [5.41, 5.74) is 7.08. The fourth-order valence-corrected chi connectivity index (χ4v) is 2.47. The van der Waals surface area contributed by atoms with Crippen LogP contribution in [0.1, 0.15) is 52.9 Å². The van der Waals surface area contributed by atoms with Gasteiger partial charge in [-0.3, -0.25) is 0 Å². The van der Waals surface area contributed by atoms with Crippen LogP contribution in [0.3, 0.4) is 0 Å². The first kappa shape index (κ1) is 13.0. The molecule has 0 aliphatic heterocycles. The smallest absolute Gasteiger partial charge is 0.0465 e. The fraction of sp³-hybridized carbons (Fsp3) is 1.00. The van der Waals surface area contributed by atoms with Crippen LogP contribution in [-0.4, -0.2) is 19.3 Å². The standard InChI is InChI=1S/C13H27NO/c1-11(5-10-15-4)13(14)8-6-12(2,3)7-9-13/h11H,5-10,14H2,1-4H3. The van der Waals surface area contributed by atoms with Gasteiger partial charge in [-0.05, 0) is 43.4 Å². The molecule has 1 atom stereocenters. The van der Waals surface area contributed by atoms with Crippen molar-refractivity contribution in [2.75, 3.05) is 13.7 Å². The summed E-state index contributed by atoms with van der Waals surface area (Å²) < 4.78 is 5.13. The van der Waals surface area contributed by atoms with Crippen molar-refractivity contribution in [2.24, 2.45) is 17.1 Å². The van der Waals surface area contributed by atoms with Crippen LogP contribution in [-0.2, 0) is 4.74 Å². The molecule has 1 unspecified atom stereocenters. The third-order valence-corrected chi connectivity index (χ3v) is 4.27. The third kappa shape index (κ3) is 3.46. The summed E-state index contributed by atoms with van der Waals surface area (Å²) in [5, 5.41) is 0. The van der Waals surface area contributed by atoms with Crippen molar-refractivity contribution >= 4 is 0 Å². The average molecular weight is 213 g/mol. The number of methoxy groups -OCH3 is 1. The first-order valence-electron chi connectivity index (χ1n) is 6.17. The Balaban J connectivity index is 2.46. The molecule has 15 heavy (non-hydrogen) atoms. The van der Waals surface area contributed by atoms with Crippen molar-refractivity contribution in [3.05, 3.63) is 0 Å². The van der Waals surface area contributed by atoms with Crippen LogP contribution in [0.25, 0.3) is 0 Å². The first-order valence-corrected chi connectivity index (χ1v) is 6.17. The Morgan fingerprint density at radius 1 is 1.20 bits per heavy atom. The molecule has 0 bridgehead atoms. The molecule has 0 radical (unpaired) electrons. The Morgan fingerprint density at radius 3 is 2.20 bits per heavy atom. The van der Waals surface area contributed by atoms with Gasteiger partial charge in [0.15, 0.2) is 0 Å². The molecule has 0 spiro atoms. The number of hydrogen-bond acceptors (Lipinski definition) is 2. The van der Waals surface area contributed by atoms with Crippen LogP contribution in [0, 0.1) is 11.3 Å². The molecule has 0 heterocycles. The molecule has 1 aliphatic rings. The van der Waals surface area contributed by atoms with Gasteiger partial charge in [0, 0.05) is 19.3 Å². The average Bonchev–Trinajstić information content (AvgIpc) is 2.19. The first-order chi connectivity index (χ1) is 6.90. The molecule has 2 N–H and O–H groups in total. The highest BCUT2D eigenvalue weighted by molar-refractivity contribution is 4.95. The van der Waals surface area contributed by atoms with Gasteiger partial charge in [-0.15, -0.1) is 0 Å². The largest absolute Gasteiger partial charge is 0.385 e. The van der Waals surface area contributed by atoms with Gasteiger partial charge in [0.05, 0.1) is 0 Å². The van der Waals surface area contributed by atoms with Crippen molar-refractivity contribution in [3.8, 4) is 0 Å². The summed E-state index contributed by atoms with van der Waals surface area (Å²) in [7, 11) is 1.76. The van der Waals surface area contributed by atoms with E-state index in [9.17, 15) is 0 Å². The lowest BCUT2D eigenvalue weighted by atomic mass is 9.65. The highest BCUT2D eigenvalue weighted by Crippen LogP contribution is 2.42. The minimum absolute atomic E-state index is 0.0635. The molecule has 1 saturated carbocycles. The maximum absolute atomic E-state index is 6.51. The lowest BCUT2D eigenvalue weighted by Gasteiger charge is -2.44. The molecule has 0 saturated heterocycles. The molecule has 1 fully saturated rings. The van der Waals surface area contributed by atoms with Gasteiger partial charge in [0.1, 0.15) is 0 Å². The summed E-state index contributed by atoms with van der Waals surface area (Å²) in [6, 6.07) is 0. The van der Waals surface area contributed by atoms with Gasteiger partial charge >= 0.3 is 0 Å². The molecule has 2 nitrogen and oxygen atoms in total. The van der Waals surface area contributed by atoms with Crippen molar-refractivity contribution in [3.63, 3.8) is 0 Å². The Kier molecular flexibility index (Phi) is 4.19. The fourth-order valence-electron chi connectivity index (χ4n) is 2.47. The van der Waals surface area contributed by atoms with E-state index in [-0.39, 0.29) is 5.54 Å². The van der Waals surface area contributed by atoms with E-state index in [1.54, 1.807) is 7.11 Å². The van der Waals surface area contributed by atoms with Crippen LogP contribution < -0.4 is 5.73 Å². The predicted molar refractivity (Wildman–Crippen MR) is 64.8 cm³/mol. The van der Waals surface area contributed by atoms with Gasteiger partial charge in [-0.1, -0.05) is 20.8 Å². The summed E-state index contributed by atoms with van der Waals surface area (Å²) >= 11 is 0. The third-order valence-electron chi connectivity index (χ3n) is 4.27. The van der Waals surface area contributed by atoms with Gasteiger partial charge in [0.25, 0.3) is 0 Å². The molecular weight excluding hydrogens is 186 g/mol. The quantitative estimate of drug-likeness (QED) is 0.779. The van der Waals surface area contributed by atoms with Crippen molar-refractivity contribution in [1.82, 2.24) is 0 Å². The number of rotatable bonds is 4. The van der Waals surface area contributed by atoms with Gasteiger partial charge in [0.2, 0.25) is 0 Å². The van der Waals surface area contributed by atoms with Crippen LogP contribution in [0.5, 0.6) is 0 Å². The highest BCUT2D eigenvalue weighted by Gasteiger charge is 2.38. The van der Waals surface area contributed by atoms with Crippen molar-refractivity contribution < 1.29 is 4.74 Å². The zero-order valence-corrected chi connectivity index (χ0v) is 10.8. The molecular formula is C13H27NO. The van der Waals surface area contributed by atoms with E-state index in [1.807, 2.05) is 0 Å². The van der Waals surface area contributed by atoms with Crippen molar-refractivity contribution in [1.29, 1.82) is 0 Å². The molecule has 90 valence electrons. The summed E-state index contributed by atoms with van der Waals surface area (Å²) in [4.78, 5) is 0. The summed E-state index contributed by atoms with van der Waals surface area (Å²) in [6.45, 7) is 7.82. The Bertz CT molecular complexity index is 191. The molecule has 0 aromatic heterocycles. The van der Waals surface area contributed by atoms with Crippen LogP contribution in [0.15, 0.2) is 0 Å². The van der Waals surface area contributed by atoms with E-state index in [0.717, 1.165) is 13.0 Å². The lowest BCUT2D eigenvalue weighted by molar-refractivity contribution is 0.0980. The lowest BCUT2D eigenvalue weighted by Crippen LogP contribution is -2.50. The number of ether oxygens (including phenoxy) is 1. The highest BCUT2D eigenvalue weighted by atomic mass is 16.5. The molecule has 1 rings (SSSR count). The summed E-state index contributed by atoms with van der Waals surface area (Å²) in [6.07, 6.45) is 5.96. The van der Waals surface area contributed by atoms with E-state index in [2.05, 4.69) is 20.8 Å². The monoisotopic (exact) mass is 213 g/mol. The van der Waals surface area contributed by atoms with E-state index < -0.39 is 0 Å². The second-order valence-corrected chi connectivity index (χ2v) is 6.08. The second kappa shape index (κ2) is 4.84. The Morgan fingerprint density at radius 2 is 1.73 bits per heavy atom. The zero-order valence-electron chi connectivity index (χ0n) is 10.8. The number of hydrogen-bond donors (Lipinski definition) is 1. The Hall–Kier alpha value is -0.0800. The molecule has 2 heteroatoms. The van der Waals surface area contributed by atoms with Gasteiger partial charge in [-0.25, -0.2) is 0 Å². The van der Waals surface area contributed by atoms with E-state index in [0.29, 0.717) is 11.3 Å². The maximum Gasteiger partial charge on any atom is 0.0465 e. The van der Waals surface area contributed by atoms with Crippen LogP contribution in [0.4, 0.5) is 0 Å². The van der Waals surface area contributed by atoms with Gasteiger partial charge in [-0.2, -0.15) is 0 Å². The zero-order chi connectivity index (χ0) is 11.5. The van der Waals surface area contributed by atoms with Crippen LogP contribution >= 0.6 is 0 Å². The topological polar surface area (TPSA) is 35.2 Å². The van der Waals surface area contributed by atoms with E-state index in [4.69, 9.17) is 10.5 Å². The van der Waals surface area contributed by atoms with Crippen molar-refractivity contribution in [2.45, 2.75) is 58.4 Å². The van der Waals surface area contributed by atoms with Gasteiger partial charge < -0.3 is 10.5 Å². The normalized spacial score (nSPS) is 26.2. The van der Waals surface area contributed by atoms with E-state index >= 15 is 0 Å². The van der Waals surface area contributed by atoms with E-state index in [1.165, 1.54) is 25.7 Å². The SMILES string of the molecule is COCCC(C)C1(N)CCC(C)(C)CC1. The molecule has 0 aromatic carbocycles. The molecule has 0 amide bonds. The molecule has 1 aliphatic carbocycles. The van der Waals surface area contributed by atoms with Crippen LogP contribution in [0.2, 0.25) is 0 Å². The Labute approximate surface area is 94.6 Å². The summed E-state index contributed by atoms with van der Waals surface area (Å²) in [5.74, 6) is 0.577.